The summed E-state index contributed by atoms with van der Waals surface area (Å²) in [5.41, 5.74) is 2.62. The lowest BCUT2D eigenvalue weighted by atomic mass is 10.2. The van der Waals surface area contributed by atoms with Crippen LogP contribution in [0.1, 0.15) is 38.5 Å². The molecule has 3 aromatic rings. The molecule has 0 fully saturated rings. The van der Waals surface area contributed by atoms with E-state index in [4.69, 9.17) is 0 Å². The summed E-state index contributed by atoms with van der Waals surface area (Å²) in [6, 6.07) is 9.34. The van der Waals surface area contributed by atoms with Crippen molar-refractivity contribution in [2.75, 3.05) is 13.1 Å². The van der Waals surface area contributed by atoms with Crippen LogP contribution in [0.4, 0.5) is 8.78 Å². The number of carbonyl (C=O) groups excluding carboxylic acids is 2. The average molecular weight is 426 g/mol. The van der Waals surface area contributed by atoms with Crippen molar-refractivity contribution in [1.82, 2.24) is 20.4 Å². The fraction of sp³-hybridized carbons (Fsp3) is 0.227. The molecule has 0 aliphatic heterocycles. The van der Waals surface area contributed by atoms with Gasteiger partial charge in [-0.1, -0.05) is 0 Å². The van der Waals surface area contributed by atoms with E-state index in [0.29, 0.717) is 24.1 Å². The Morgan fingerprint density at radius 1 is 0.968 bits per heavy atom. The number of amides is 2. The van der Waals surface area contributed by atoms with Gasteiger partial charge in [0.15, 0.2) is 17.3 Å². The Labute approximate surface area is 176 Å². The zero-order valence-corrected chi connectivity index (χ0v) is 16.5. The van der Waals surface area contributed by atoms with Crippen LogP contribution in [0, 0.1) is 11.6 Å². The van der Waals surface area contributed by atoms with Crippen molar-refractivity contribution in [3.8, 4) is 11.4 Å². The highest BCUT2D eigenvalue weighted by Gasteiger charge is 2.27. The largest absolute Gasteiger partial charge is 0.508 e. The summed E-state index contributed by atoms with van der Waals surface area (Å²) in [6.45, 7) is 0.396. The third-order valence-electron chi connectivity index (χ3n) is 5.12. The highest BCUT2D eigenvalue weighted by atomic mass is 19.2. The maximum atomic E-state index is 13.7. The standard InChI is InChI=1S/C22H20F2N4O3/c23-17-9-6-14(12-18(17)24)28-19-3-1-2-16(19)20(27-28)22(31)26-11-10-25-21(30)13-4-7-15(29)8-5-13/h4-9,12,29H,1-3,10-11H2,(H,25,30)(H,26,31). The van der Waals surface area contributed by atoms with E-state index in [0.717, 1.165) is 29.8 Å². The van der Waals surface area contributed by atoms with Crippen LogP contribution in [0.3, 0.4) is 0 Å². The molecule has 0 bridgehead atoms. The molecular weight excluding hydrogens is 406 g/mol. The summed E-state index contributed by atoms with van der Waals surface area (Å²) in [6.07, 6.45) is 2.22. The molecule has 0 radical (unpaired) electrons. The minimum absolute atomic E-state index is 0.0687. The topological polar surface area (TPSA) is 96.3 Å². The molecule has 1 aliphatic rings. The van der Waals surface area contributed by atoms with Gasteiger partial charge in [0.1, 0.15) is 5.75 Å². The molecular formula is C22H20F2N4O3. The molecule has 0 unspecified atom stereocenters. The minimum Gasteiger partial charge on any atom is -0.508 e. The van der Waals surface area contributed by atoms with Crippen LogP contribution < -0.4 is 10.6 Å². The van der Waals surface area contributed by atoms with E-state index in [1.807, 2.05) is 0 Å². The monoisotopic (exact) mass is 426 g/mol. The van der Waals surface area contributed by atoms with Crippen molar-refractivity contribution in [3.63, 3.8) is 0 Å². The number of nitrogens with zero attached hydrogens (tertiary/aromatic N) is 2. The fourth-order valence-electron chi connectivity index (χ4n) is 3.60. The van der Waals surface area contributed by atoms with Crippen LogP contribution >= 0.6 is 0 Å². The molecule has 0 atom stereocenters. The number of fused-ring (bicyclic) bond motifs is 1. The van der Waals surface area contributed by atoms with Crippen molar-refractivity contribution in [3.05, 3.63) is 76.6 Å². The van der Waals surface area contributed by atoms with Gasteiger partial charge in [-0.25, -0.2) is 13.5 Å². The summed E-state index contributed by atoms with van der Waals surface area (Å²) in [4.78, 5) is 24.7. The quantitative estimate of drug-likeness (QED) is 0.528. The van der Waals surface area contributed by atoms with Gasteiger partial charge in [-0.3, -0.25) is 9.59 Å². The van der Waals surface area contributed by atoms with E-state index in [-0.39, 0.29) is 30.4 Å². The van der Waals surface area contributed by atoms with Gasteiger partial charge >= 0.3 is 0 Å². The molecule has 3 N–H and O–H groups in total. The van der Waals surface area contributed by atoms with Crippen molar-refractivity contribution >= 4 is 11.8 Å². The van der Waals surface area contributed by atoms with Gasteiger partial charge < -0.3 is 15.7 Å². The van der Waals surface area contributed by atoms with Crippen LogP contribution in [0.25, 0.3) is 5.69 Å². The first-order valence-corrected chi connectivity index (χ1v) is 9.85. The van der Waals surface area contributed by atoms with E-state index < -0.39 is 17.5 Å². The van der Waals surface area contributed by atoms with Gasteiger partial charge in [0.05, 0.1) is 5.69 Å². The van der Waals surface area contributed by atoms with Gasteiger partial charge in [0, 0.05) is 36.0 Å². The number of nitrogens with one attached hydrogen (secondary N) is 2. The number of aromatic nitrogens is 2. The Bertz CT molecular complexity index is 1140. The molecule has 160 valence electrons. The van der Waals surface area contributed by atoms with Crippen LogP contribution in [0.5, 0.6) is 5.75 Å². The molecule has 1 heterocycles. The van der Waals surface area contributed by atoms with Crippen LogP contribution in [-0.4, -0.2) is 39.8 Å². The molecule has 9 heteroatoms. The SMILES string of the molecule is O=C(NCCNC(=O)c1nn(-c2ccc(F)c(F)c2)c2c1CCC2)c1ccc(O)cc1. The van der Waals surface area contributed by atoms with E-state index in [9.17, 15) is 23.5 Å². The normalized spacial score (nSPS) is 12.5. The molecule has 7 nitrogen and oxygen atoms in total. The second kappa shape index (κ2) is 8.55. The highest BCUT2D eigenvalue weighted by molar-refractivity contribution is 5.95. The summed E-state index contributed by atoms with van der Waals surface area (Å²) in [7, 11) is 0. The third kappa shape index (κ3) is 4.25. The second-order valence-corrected chi connectivity index (χ2v) is 7.20. The fourth-order valence-corrected chi connectivity index (χ4v) is 3.60. The van der Waals surface area contributed by atoms with Gasteiger partial charge in [0.2, 0.25) is 0 Å². The molecule has 0 saturated heterocycles. The first kappa shape index (κ1) is 20.5. The number of aromatic hydroxyl groups is 1. The first-order chi connectivity index (χ1) is 14.9. The number of carbonyl (C=O) groups is 2. The first-order valence-electron chi connectivity index (χ1n) is 9.85. The molecule has 0 saturated carbocycles. The zero-order valence-electron chi connectivity index (χ0n) is 16.5. The van der Waals surface area contributed by atoms with Crippen molar-refractivity contribution in [2.24, 2.45) is 0 Å². The highest BCUT2D eigenvalue weighted by Crippen LogP contribution is 2.28. The van der Waals surface area contributed by atoms with Gasteiger partial charge in [-0.05, 0) is 55.7 Å². The molecule has 4 rings (SSSR count). The van der Waals surface area contributed by atoms with E-state index in [1.165, 1.54) is 35.0 Å². The molecule has 0 spiro atoms. The number of hydrogen-bond donors (Lipinski definition) is 3. The number of benzene rings is 2. The zero-order chi connectivity index (χ0) is 22.0. The second-order valence-electron chi connectivity index (χ2n) is 7.20. The molecule has 31 heavy (non-hydrogen) atoms. The Balaban J connectivity index is 1.40. The van der Waals surface area contributed by atoms with Gasteiger partial charge in [0.25, 0.3) is 11.8 Å². The molecule has 1 aromatic heterocycles. The molecule has 2 aromatic carbocycles. The van der Waals surface area contributed by atoms with Crippen LogP contribution in [-0.2, 0) is 12.8 Å². The number of halogens is 2. The maximum absolute atomic E-state index is 13.7. The third-order valence-corrected chi connectivity index (χ3v) is 5.12. The van der Waals surface area contributed by atoms with Gasteiger partial charge in [-0.15, -0.1) is 0 Å². The number of phenolic OH excluding ortho intramolecular Hbond substituents is 1. The summed E-state index contributed by atoms with van der Waals surface area (Å²) in [5.74, 6) is -2.56. The lowest BCUT2D eigenvalue weighted by Gasteiger charge is -2.07. The van der Waals surface area contributed by atoms with Gasteiger partial charge in [-0.2, -0.15) is 5.10 Å². The number of phenols is 1. The summed E-state index contributed by atoms with van der Waals surface area (Å²) >= 11 is 0. The number of rotatable bonds is 6. The Kier molecular flexibility index (Phi) is 5.66. The smallest absolute Gasteiger partial charge is 0.272 e. The van der Waals surface area contributed by atoms with E-state index in [2.05, 4.69) is 15.7 Å². The average Bonchev–Trinajstić information content (AvgIpc) is 3.36. The van der Waals surface area contributed by atoms with Crippen molar-refractivity contribution < 1.29 is 23.5 Å². The summed E-state index contributed by atoms with van der Waals surface area (Å²) < 4.78 is 28.4. The van der Waals surface area contributed by atoms with Crippen molar-refractivity contribution in [2.45, 2.75) is 19.3 Å². The maximum Gasteiger partial charge on any atom is 0.272 e. The summed E-state index contributed by atoms with van der Waals surface area (Å²) in [5, 5.41) is 19.0. The predicted molar refractivity (Wildman–Crippen MR) is 108 cm³/mol. The van der Waals surface area contributed by atoms with Crippen LogP contribution in [0.15, 0.2) is 42.5 Å². The van der Waals surface area contributed by atoms with E-state index in [1.54, 1.807) is 0 Å². The van der Waals surface area contributed by atoms with Crippen molar-refractivity contribution in [1.29, 1.82) is 0 Å². The number of hydrogen-bond acceptors (Lipinski definition) is 4. The Morgan fingerprint density at radius 3 is 2.39 bits per heavy atom. The minimum atomic E-state index is -0.977. The lowest BCUT2D eigenvalue weighted by molar-refractivity contribution is 0.0924. The predicted octanol–water partition coefficient (Wildman–Crippen LogP) is 2.50. The Morgan fingerprint density at radius 2 is 1.68 bits per heavy atom. The molecule has 2 amide bonds. The van der Waals surface area contributed by atoms with Crippen LogP contribution in [0.2, 0.25) is 0 Å². The lowest BCUT2D eigenvalue weighted by Crippen LogP contribution is -2.35. The molecule has 1 aliphatic carbocycles. The van der Waals surface area contributed by atoms with E-state index >= 15 is 0 Å². The Hall–Kier alpha value is -3.75.